The molecule has 6 heteroatoms. The van der Waals surface area contributed by atoms with Crippen molar-refractivity contribution < 1.29 is 4.79 Å². The van der Waals surface area contributed by atoms with Crippen LogP contribution in [0.4, 0.5) is 0 Å². The van der Waals surface area contributed by atoms with Crippen LogP contribution in [0, 0.1) is 0 Å². The van der Waals surface area contributed by atoms with Crippen LogP contribution >= 0.6 is 0 Å². The van der Waals surface area contributed by atoms with Crippen molar-refractivity contribution in [2.24, 2.45) is 0 Å². The molecule has 0 saturated carbocycles. The maximum Gasteiger partial charge on any atom is 0.134 e. The first-order valence-electron chi connectivity index (χ1n) is 10.1. The van der Waals surface area contributed by atoms with Crippen LogP contribution in [0.3, 0.4) is 0 Å². The maximum absolute atomic E-state index is 10.9. The van der Waals surface area contributed by atoms with E-state index in [4.69, 9.17) is 0 Å². The highest BCUT2D eigenvalue weighted by Gasteiger charge is 2.21. The van der Waals surface area contributed by atoms with E-state index in [9.17, 15) is 4.79 Å². The molecule has 1 unspecified atom stereocenters. The number of allylic oxidation sites excluding steroid dienone is 1. The number of rotatable bonds is 14. The summed E-state index contributed by atoms with van der Waals surface area (Å²) < 4.78 is 0. The molecule has 154 valence electrons. The number of aldehydes is 1. The highest BCUT2D eigenvalue weighted by atomic mass is 16.1. The normalized spacial score (nSPS) is 18.3. The number of carbonyl (C=O) groups excluding carboxylic acids is 1. The predicted octanol–water partition coefficient (Wildman–Crippen LogP) is 2.34. The summed E-state index contributed by atoms with van der Waals surface area (Å²) in [6.45, 7) is 19.5. The van der Waals surface area contributed by atoms with Crippen LogP contribution in [0.5, 0.6) is 0 Å². The first-order chi connectivity index (χ1) is 13.1. The van der Waals surface area contributed by atoms with Gasteiger partial charge in [-0.3, -0.25) is 20.0 Å². The lowest BCUT2D eigenvalue weighted by atomic mass is 10.1. The van der Waals surface area contributed by atoms with E-state index in [2.05, 4.69) is 58.1 Å². The monoisotopic (exact) mass is 377 g/mol. The third-order valence-corrected chi connectivity index (χ3v) is 4.75. The van der Waals surface area contributed by atoms with Crippen LogP contribution in [-0.2, 0) is 4.79 Å². The summed E-state index contributed by atoms with van der Waals surface area (Å²) in [7, 11) is 0. The van der Waals surface area contributed by atoms with Gasteiger partial charge in [-0.15, -0.1) is 13.2 Å². The maximum atomic E-state index is 10.9. The van der Waals surface area contributed by atoms with Crippen LogP contribution in [0.2, 0.25) is 0 Å². The van der Waals surface area contributed by atoms with E-state index >= 15 is 0 Å². The molecule has 1 aliphatic heterocycles. The largest absolute Gasteiger partial charge is 0.389 e. The van der Waals surface area contributed by atoms with E-state index in [1.165, 1.54) is 0 Å². The Balaban J connectivity index is 2.47. The molecule has 1 atom stereocenters. The molecule has 1 aliphatic rings. The van der Waals surface area contributed by atoms with Gasteiger partial charge in [-0.25, -0.2) is 0 Å². The van der Waals surface area contributed by atoms with E-state index in [0.29, 0.717) is 19.3 Å². The standard InChI is InChI=1S/C21H39N5O/c1-5-10-20(4)23-12-9-8-11-21(7-3)26-17-22-16-24(14-15-27)18-25(19-26)13-6-2/h6-7,15,21-23H,2-5,8-14,16-19H2,1H3. The fraction of sp³-hybridized carbons (Fsp3) is 0.667. The molecule has 0 aromatic rings. The molecule has 0 bridgehead atoms. The van der Waals surface area contributed by atoms with Gasteiger partial charge in [-0.2, -0.15) is 0 Å². The second kappa shape index (κ2) is 14.6. The van der Waals surface area contributed by atoms with Gasteiger partial charge >= 0.3 is 0 Å². The third-order valence-electron chi connectivity index (χ3n) is 4.75. The second-order valence-corrected chi connectivity index (χ2v) is 7.18. The van der Waals surface area contributed by atoms with Crippen LogP contribution in [0.1, 0.15) is 39.0 Å². The van der Waals surface area contributed by atoms with Gasteiger partial charge in [0.2, 0.25) is 0 Å². The zero-order valence-electron chi connectivity index (χ0n) is 17.2. The van der Waals surface area contributed by atoms with Gasteiger partial charge in [-0.05, 0) is 25.7 Å². The molecule has 0 amide bonds. The van der Waals surface area contributed by atoms with Crippen LogP contribution in [-0.4, -0.2) is 73.3 Å². The van der Waals surface area contributed by atoms with E-state index in [-0.39, 0.29) is 0 Å². The number of nitrogens with zero attached hydrogens (tertiary/aromatic N) is 3. The number of nitrogens with one attached hydrogen (secondary N) is 2. The summed E-state index contributed by atoms with van der Waals surface area (Å²) in [6.07, 6.45) is 10.5. The summed E-state index contributed by atoms with van der Waals surface area (Å²) in [5, 5.41) is 6.86. The molecular formula is C21H39N5O. The van der Waals surface area contributed by atoms with Crippen LogP contribution in [0.25, 0.3) is 0 Å². The molecule has 2 N–H and O–H groups in total. The first-order valence-corrected chi connectivity index (χ1v) is 10.1. The molecular weight excluding hydrogens is 338 g/mol. The van der Waals surface area contributed by atoms with Gasteiger partial charge < -0.3 is 10.1 Å². The van der Waals surface area contributed by atoms with Crippen molar-refractivity contribution in [1.82, 2.24) is 25.3 Å². The zero-order valence-corrected chi connectivity index (χ0v) is 17.2. The zero-order chi connectivity index (χ0) is 19.9. The molecule has 1 fully saturated rings. The number of hydrogen-bond acceptors (Lipinski definition) is 6. The Morgan fingerprint density at radius 1 is 1.19 bits per heavy atom. The molecule has 27 heavy (non-hydrogen) atoms. The summed E-state index contributed by atoms with van der Waals surface area (Å²) in [5.74, 6) is 0. The molecule has 0 aromatic carbocycles. The van der Waals surface area contributed by atoms with Gasteiger partial charge in [0.05, 0.1) is 33.2 Å². The average molecular weight is 378 g/mol. The topological polar surface area (TPSA) is 50.9 Å². The lowest BCUT2D eigenvalue weighted by Gasteiger charge is -2.39. The van der Waals surface area contributed by atoms with Gasteiger partial charge in [0.25, 0.3) is 0 Å². The minimum Gasteiger partial charge on any atom is -0.389 e. The summed E-state index contributed by atoms with van der Waals surface area (Å²) in [4.78, 5) is 17.7. The van der Waals surface area contributed by atoms with Gasteiger partial charge in [0.15, 0.2) is 0 Å². The Kier molecular flexibility index (Phi) is 12.7. The quantitative estimate of drug-likeness (QED) is 0.275. The SMILES string of the molecule is C=CCN1CN(CC=O)CNCN(C(C=C)CCCCNC(=C)CCC)C1. The Morgan fingerprint density at radius 2 is 2.00 bits per heavy atom. The third kappa shape index (κ3) is 9.86. The minimum atomic E-state index is 0.335. The molecule has 0 aliphatic carbocycles. The molecule has 0 radical (unpaired) electrons. The summed E-state index contributed by atoms with van der Waals surface area (Å²) in [6, 6.07) is 0.335. The lowest BCUT2D eigenvalue weighted by molar-refractivity contribution is -0.109. The predicted molar refractivity (Wildman–Crippen MR) is 114 cm³/mol. The number of hydrogen-bond donors (Lipinski definition) is 2. The fourth-order valence-corrected chi connectivity index (χ4v) is 3.37. The van der Waals surface area contributed by atoms with Crippen molar-refractivity contribution in [3.63, 3.8) is 0 Å². The molecule has 6 nitrogen and oxygen atoms in total. The van der Waals surface area contributed by atoms with Crippen molar-refractivity contribution in [1.29, 1.82) is 0 Å². The Bertz CT molecular complexity index is 454. The van der Waals surface area contributed by atoms with E-state index in [0.717, 1.165) is 77.2 Å². The lowest BCUT2D eigenvalue weighted by Crippen LogP contribution is -2.55. The van der Waals surface area contributed by atoms with Crippen LogP contribution in [0.15, 0.2) is 37.6 Å². The Hall–Kier alpha value is -1.47. The number of unbranched alkanes of at least 4 members (excludes halogenated alkanes) is 1. The minimum absolute atomic E-state index is 0.335. The van der Waals surface area contributed by atoms with Crippen molar-refractivity contribution >= 4 is 6.29 Å². The molecule has 1 saturated heterocycles. The van der Waals surface area contributed by atoms with E-state index < -0.39 is 0 Å². The molecule has 0 aromatic heterocycles. The van der Waals surface area contributed by atoms with Crippen molar-refractivity contribution in [2.45, 2.75) is 45.1 Å². The average Bonchev–Trinajstić information content (AvgIpc) is 2.62. The second-order valence-electron chi connectivity index (χ2n) is 7.18. The smallest absolute Gasteiger partial charge is 0.134 e. The molecule has 0 spiro atoms. The number of carbonyl (C=O) groups is 1. The molecule has 1 rings (SSSR count). The van der Waals surface area contributed by atoms with Crippen molar-refractivity contribution in [3.05, 3.63) is 37.6 Å². The van der Waals surface area contributed by atoms with Crippen molar-refractivity contribution in [3.8, 4) is 0 Å². The fourth-order valence-electron chi connectivity index (χ4n) is 3.37. The summed E-state index contributed by atoms with van der Waals surface area (Å²) in [5.41, 5.74) is 1.14. The highest BCUT2D eigenvalue weighted by molar-refractivity contribution is 5.51. The Morgan fingerprint density at radius 3 is 2.67 bits per heavy atom. The highest BCUT2D eigenvalue weighted by Crippen LogP contribution is 2.12. The van der Waals surface area contributed by atoms with Crippen LogP contribution < -0.4 is 10.6 Å². The van der Waals surface area contributed by atoms with Gasteiger partial charge in [0.1, 0.15) is 6.29 Å². The first kappa shape index (κ1) is 23.6. The van der Waals surface area contributed by atoms with Gasteiger partial charge in [-0.1, -0.05) is 32.1 Å². The van der Waals surface area contributed by atoms with Crippen molar-refractivity contribution in [2.75, 3.05) is 46.3 Å². The molecule has 1 heterocycles. The summed E-state index contributed by atoms with van der Waals surface area (Å²) >= 11 is 0. The Labute approximate surface area is 166 Å². The van der Waals surface area contributed by atoms with E-state index in [1.807, 2.05) is 6.08 Å². The van der Waals surface area contributed by atoms with E-state index in [1.54, 1.807) is 0 Å². The van der Waals surface area contributed by atoms with Gasteiger partial charge in [0, 0.05) is 24.8 Å².